The number of rotatable bonds is 8. The molecule has 186 valence electrons. The van der Waals surface area contributed by atoms with E-state index in [1.807, 2.05) is 11.6 Å². The van der Waals surface area contributed by atoms with E-state index in [0.29, 0.717) is 12.1 Å². The third kappa shape index (κ3) is 5.24. The molecule has 7 heteroatoms. The van der Waals surface area contributed by atoms with Crippen LogP contribution in [-0.2, 0) is 11.3 Å². The molecule has 3 aromatic rings. The third-order valence-corrected chi connectivity index (χ3v) is 7.38. The van der Waals surface area contributed by atoms with Gasteiger partial charge in [-0.25, -0.2) is 9.67 Å². The summed E-state index contributed by atoms with van der Waals surface area (Å²) in [5.41, 5.74) is 5.61. The predicted octanol–water partition coefficient (Wildman–Crippen LogP) is 5.51. The van der Waals surface area contributed by atoms with E-state index in [-0.39, 0.29) is 29.7 Å². The Balaban J connectivity index is 1.64. The molecule has 1 unspecified atom stereocenters. The van der Waals surface area contributed by atoms with Crippen LogP contribution in [0.5, 0.6) is 0 Å². The summed E-state index contributed by atoms with van der Waals surface area (Å²) in [6, 6.07) is 6.47. The summed E-state index contributed by atoms with van der Waals surface area (Å²) in [4.78, 5) is 30.1. The number of amides is 1. The van der Waals surface area contributed by atoms with E-state index in [2.05, 4.69) is 59.7 Å². The molecule has 0 spiro atoms. The molecule has 1 fully saturated rings. The fourth-order valence-corrected chi connectivity index (χ4v) is 5.29. The van der Waals surface area contributed by atoms with Gasteiger partial charge in [0.15, 0.2) is 5.65 Å². The number of pyridine rings is 1. The van der Waals surface area contributed by atoms with Crippen molar-refractivity contribution in [2.24, 2.45) is 5.92 Å². The second kappa shape index (κ2) is 10.6. The average Bonchev–Trinajstić information content (AvgIpc) is 3.27. The number of fused-ring (bicyclic) bond motifs is 1. The van der Waals surface area contributed by atoms with Crippen molar-refractivity contribution >= 4 is 28.4 Å². The van der Waals surface area contributed by atoms with Crippen LogP contribution < -0.4 is 10.6 Å². The first-order chi connectivity index (χ1) is 16.8. The van der Waals surface area contributed by atoms with Gasteiger partial charge >= 0.3 is 0 Å². The van der Waals surface area contributed by atoms with Crippen molar-refractivity contribution in [1.82, 2.24) is 20.1 Å². The van der Waals surface area contributed by atoms with Gasteiger partial charge in [-0.3, -0.25) is 9.59 Å². The van der Waals surface area contributed by atoms with Crippen LogP contribution in [0.1, 0.15) is 86.0 Å². The molecule has 0 saturated heterocycles. The highest BCUT2D eigenvalue weighted by molar-refractivity contribution is 6.06. The highest BCUT2D eigenvalue weighted by Gasteiger charge is 2.27. The number of aryl methyl sites for hydroxylation is 3. The Morgan fingerprint density at radius 2 is 1.86 bits per heavy atom. The van der Waals surface area contributed by atoms with Crippen LogP contribution in [0.3, 0.4) is 0 Å². The van der Waals surface area contributed by atoms with Gasteiger partial charge < -0.3 is 10.6 Å². The fraction of sp³-hybridized carbons (Fsp3) is 0.500. The number of nitrogens with zero attached hydrogens (tertiary/aromatic N) is 3. The topological polar surface area (TPSA) is 88.9 Å². The lowest BCUT2D eigenvalue weighted by Crippen LogP contribution is -2.32. The Labute approximate surface area is 207 Å². The van der Waals surface area contributed by atoms with Gasteiger partial charge in [-0.1, -0.05) is 30.7 Å². The molecule has 1 saturated carbocycles. The Morgan fingerprint density at radius 3 is 2.49 bits per heavy atom. The van der Waals surface area contributed by atoms with Crippen molar-refractivity contribution in [3.63, 3.8) is 0 Å². The molecule has 1 aliphatic rings. The standard InChI is InChI=1S/C28H37N5O2/c1-6-25(22-13-8-17(3)14-18(22)4)32-28(35)24-15-29-27-23(16-30-33(27)7-2)26(24)31-21-11-9-20(10-12-21)19(5)34/h8,13-16,20-21,25H,6-7,9-12H2,1-5H3,(H,29,31)(H,32,35). The van der Waals surface area contributed by atoms with Crippen LogP contribution >= 0.6 is 0 Å². The summed E-state index contributed by atoms with van der Waals surface area (Å²) in [5, 5.41) is 12.2. The summed E-state index contributed by atoms with van der Waals surface area (Å²) in [6.45, 7) is 10.7. The molecule has 35 heavy (non-hydrogen) atoms. The molecule has 4 rings (SSSR count). The summed E-state index contributed by atoms with van der Waals surface area (Å²) >= 11 is 0. The SMILES string of the molecule is CCC(NC(=O)c1cnc2c(cnn2CC)c1NC1CCC(C(C)=O)CC1)c1ccc(C)cc1C. The molecule has 0 aliphatic heterocycles. The first-order valence-corrected chi connectivity index (χ1v) is 12.8. The van der Waals surface area contributed by atoms with Crippen molar-refractivity contribution in [3.05, 3.63) is 52.8 Å². The van der Waals surface area contributed by atoms with Gasteiger partial charge in [0.05, 0.1) is 28.9 Å². The molecule has 2 heterocycles. The van der Waals surface area contributed by atoms with Gasteiger partial charge in [0.25, 0.3) is 5.91 Å². The molecular formula is C28H37N5O2. The van der Waals surface area contributed by atoms with E-state index >= 15 is 0 Å². The number of Topliss-reactive ketones (excluding diaryl/α,β-unsaturated/α-hetero) is 1. The summed E-state index contributed by atoms with van der Waals surface area (Å²) < 4.78 is 1.85. The summed E-state index contributed by atoms with van der Waals surface area (Å²) in [6.07, 6.45) is 7.81. The smallest absolute Gasteiger partial charge is 0.255 e. The van der Waals surface area contributed by atoms with E-state index in [9.17, 15) is 9.59 Å². The first kappa shape index (κ1) is 24.9. The number of carbonyl (C=O) groups is 2. The maximum absolute atomic E-state index is 13.6. The van der Waals surface area contributed by atoms with E-state index in [4.69, 9.17) is 0 Å². The normalized spacial score (nSPS) is 18.9. The molecule has 0 bridgehead atoms. The molecular weight excluding hydrogens is 438 g/mol. The Kier molecular flexibility index (Phi) is 7.53. The minimum atomic E-state index is -0.143. The number of carbonyl (C=O) groups excluding carboxylic acids is 2. The fourth-order valence-electron chi connectivity index (χ4n) is 5.29. The van der Waals surface area contributed by atoms with Crippen molar-refractivity contribution in [2.45, 2.75) is 85.4 Å². The minimum absolute atomic E-state index is 0.0870. The van der Waals surface area contributed by atoms with Crippen LogP contribution in [0.15, 0.2) is 30.6 Å². The zero-order valence-corrected chi connectivity index (χ0v) is 21.5. The lowest BCUT2D eigenvalue weighted by Gasteiger charge is -2.29. The number of aromatic nitrogens is 3. The zero-order valence-electron chi connectivity index (χ0n) is 21.5. The second-order valence-electron chi connectivity index (χ2n) is 9.84. The lowest BCUT2D eigenvalue weighted by molar-refractivity contribution is -0.121. The van der Waals surface area contributed by atoms with Gasteiger partial charge in [0, 0.05) is 24.7 Å². The van der Waals surface area contributed by atoms with Crippen LogP contribution in [0.2, 0.25) is 0 Å². The maximum atomic E-state index is 13.6. The zero-order chi connectivity index (χ0) is 25.1. The predicted molar refractivity (Wildman–Crippen MR) is 140 cm³/mol. The van der Waals surface area contributed by atoms with Crippen LogP contribution in [-0.4, -0.2) is 32.5 Å². The van der Waals surface area contributed by atoms with Gasteiger partial charge in [-0.15, -0.1) is 0 Å². The Morgan fingerprint density at radius 1 is 1.11 bits per heavy atom. The van der Waals surface area contributed by atoms with E-state index < -0.39 is 0 Å². The molecule has 7 nitrogen and oxygen atoms in total. The van der Waals surface area contributed by atoms with Gasteiger partial charge in [0.2, 0.25) is 0 Å². The lowest BCUT2D eigenvalue weighted by atomic mass is 9.84. The van der Waals surface area contributed by atoms with Crippen LogP contribution in [0, 0.1) is 19.8 Å². The number of ketones is 1. The monoisotopic (exact) mass is 475 g/mol. The number of hydrogen-bond acceptors (Lipinski definition) is 5. The highest BCUT2D eigenvalue weighted by Crippen LogP contribution is 2.32. The van der Waals surface area contributed by atoms with Crippen LogP contribution in [0.25, 0.3) is 11.0 Å². The molecule has 1 amide bonds. The van der Waals surface area contributed by atoms with Gasteiger partial charge in [-0.2, -0.15) is 5.10 Å². The third-order valence-electron chi connectivity index (χ3n) is 7.38. The highest BCUT2D eigenvalue weighted by atomic mass is 16.1. The molecule has 0 radical (unpaired) electrons. The maximum Gasteiger partial charge on any atom is 0.255 e. The van der Waals surface area contributed by atoms with Crippen molar-refractivity contribution in [2.75, 3.05) is 5.32 Å². The first-order valence-electron chi connectivity index (χ1n) is 12.8. The summed E-state index contributed by atoms with van der Waals surface area (Å²) in [7, 11) is 0. The molecule has 1 aliphatic carbocycles. The van der Waals surface area contributed by atoms with Crippen molar-refractivity contribution in [3.8, 4) is 0 Å². The van der Waals surface area contributed by atoms with Crippen molar-refractivity contribution < 1.29 is 9.59 Å². The van der Waals surface area contributed by atoms with E-state index in [0.717, 1.165) is 54.4 Å². The molecule has 1 aromatic carbocycles. The number of nitrogens with one attached hydrogen (secondary N) is 2. The molecule has 2 aromatic heterocycles. The molecule has 1 atom stereocenters. The van der Waals surface area contributed by atoms with Gasteiger partial charge in [-0.05, 0) is 70.9 Å². The van der Waals surface area contributed by atoms with E-state index in [1.54, 1.807) is 19.3 Å². The molecule has 2 N–H and O–H groups in total. The van der Waals surface area contributed by atoms with Crippen LogP contribution in [0.4, 0.5) is 5.69 Å². The van der Waals surface area contributed by atoms with Gasteiger partial charge in [0.1, 0.15) is 5.78 Å². The Bertz CT molecular complexity index is 1220. The van der Waals surface area contributed by atoms with Crippen molar-refractivity contribution in [1.29, 1.82) is 0 Å². The largest absolute Gasteiger partial charge is 0.381 e. The Hall–Kier alpha value is -3.22. The number of benzene rings is 1. The summed E-state index contributed by atoms with van der Waals surface area (Å²) in [5.74, 6) is 0.283. The number of anilines is 1. The quantitative estimate of drug-likeness (QED) is 0.448. The minimum Gasteiger partial charge on any atom is -0.381 e. The average molecular weight is 476 g/mol. The second-order valence-corrected chi connectivity index (χ2v) is 9.84. The number of hydrogen-bond donors (Lipinski definition) is 2. The van der Waals surface area contributed by atoms with E-state index in [1.165, 1.54) is 11.1 Å².